The van der Waals surface area contributed by atoms with Crippen molar-refractivity contribution in [2.24, 2.45) is 0 Å². The standard InChI is InChI=1S/C15H18N4O4S2/c1-16-13(20)12-4-2-11(3-5-12)10-25(21,22)15-18-17-14(24-15)19-6-8-23-9-7-19/h2-5H,6-10H2,1H3,(H,16,20). The smallest absolute Gasteiger partial charge is 0.251 e. The molecule has 0 unspecified atom stereocenters. The van der Waals surface area contributed by atoms with Gasteiger partial charge >= 0.3 is 0 Å². The van der Waals surface area contributed by atoms with Crippen molar-refractivity contribution in [1.82, 2.24) is 15.5 Å². The maximum Gasteiger partial charge on any atom is 0.251 e. The number of benzene rings is 1. The van der Waals surface area contributed by atoms with E-state index < -0.39 is 9.84 Å². The lowest BCUT2D eigenvalue weighted by molar-refractivity contribution is 0.0963. The molecule has 0 radical (unpaired) electrons. The van der Waals surface area contributed by atoms with Gasteiger partial charge in [0, 0.05) is 25.7 Å². The van der Waals surface area contributed by atoms with Crippen LogP contribution in [-0.4, -0.2) is 57.9 Å². The first-order chi connectivity index (χ1) is 12.0. The fourth-order valence-electron chi connectivity index (χ4n) is 2.39. The van der Waals surface area contributed by atoms with Crippen LogP contribution in [0.2, 0.25) is 0 Å². The summed E-state index contributed by atoms with van der Waals surface area (Å²) in [5.41, 5.74) is 1.07. The summed E-state index contributed by atoms with van der Waals surface area (Å²) in [6.45, 7) is 2.55. The van der Waals surface area contributed by atoms with E-state index in [9.17, 15) is 13.2 Å². The van der Waals surface area contributed by atoms with Gasteiger partial charge in [-0.25, -0.2) is 8.42 Å². The van der Waals surface area contributed by atoms with E-state index in [-0.39, 0.29) is 16.0 Å². The predicted molar refractivity (Wildman–Crippen MR) is 93.7 cm³/mol. The third kappa shape index (κ3) is 4.14. The summed E-state index contributed by atoms with van der Waals surface area (Å²) in [5.74, 6) is -0.396. The van der Waals surface area contributed by atoms with Crippen LogP contribution in [-0.2, 0) is 20.3 Å². The van der Waals surface area contributed by atoms with Crippen molar-refractivity contribution < 1.29 is 17.9 Å². The Morgan fingerprint density at radius 2 is 1.92 bits per heavy atom. The van der Waals surface area contributed by atoms with Crippen LogP contribution >= 0.6 is 11.3 Å². The second kappa shape index (κ2) is 7.46. The van der Waals surface area contributed by atoms with Crippen molar-refractivity contribution in [3.05, 3.63) is 35.4 Å². The van der Waals surface area contributed by atoms with Gasteiger partial charge in [-0.3, -0.25) is 4.79 Å². The summed E-state index contributed by atoms with van der Waals surface area (Å²) < 4.78 is 30.4. The fourth-order valence-corrected chi connectivity index (χ4v) is 4.85. The Morgan fingerprint density at radius 1 is 1.24 bits per heavy atom. The highest BCUT2D eigenvalue weighted by Crippen LogP contribution is 2.26. The van der Waals surface area contributed by atoms with E-state index in [0.717, 1.165) is 11.3 Å². The van der Waals surface area contributed by atoms with Gasteiger partial charge < -0.3 is 15.0 Å². The minimum absolute atomic E-state index is 0.00405. The molecule has 0 saturated carbocycles. The minimum atomic E-state index is -3.58. The third-order valence-corrected chi connectivity index (χ3v) is 6.86. The first-order valence-electron chi connectivity index (χ1n) is 7.69. The number of morpholine rings is 1. The third-order valence-electron chi connectivity index (χ3n) is 3.74. The lowest BCUT2D eigenvalue weighted by Gasteiger charge is -2.25. The number of carbonyl (C=O) groups excluding carboxylic acids is 1. The summed E-state index contributed by atoms with van der Waals surface area (Å²) in [6.07, 6.45) is 0. The van der Waals surface area contributed by atoms with E-state index in [4.69, 9.17) is 4.74 Å². The number of anilines is 1. The molecule has 1 saturated heterocycles. The minimum Gasteiger partial charge on any atom is -0.378 e. The molecule has 25 heavy (non-hydrogen) atoms. The molecule has 1 aliphatic heterocycles. The molecule has 8 nitrogen and oxygen atoms in total. The largest absolute Gasteiger partial charge is 0.378 e. The normalized spacial score (nSPS) is 15.2. The Kier molecular flexibility index (Phi) is 5.30. The van der Waals surface area contributed by atoms with Crippen molar-refractivity contribution in [1.29, 1.82) is 0 Å². The van der Waals surface area contributed by atoms with Gasteiger partial charge in [0.25, 0.3) is 5.91 Å². The molecule has 1 amide bonds. The molecule has 2 aromatic rings. The topological polar surface area (TPSA) is 101 Å². The molecule has 2 heterocycles. The number of hydrogen-bond donors (Lipinski definition) is 1. The molecule has 3 rings (SSSR count). The molecule has 1 aliphatic rings. The molecule has 0 atom stereocenters. The van der Waals surface area contributed by atoms with Gasteiger partial charge in [0.1, 0.15) is 0 Å². The Hall–Kier alpha value is -2.04. The number of nitrogens with one attached hydrogen (secondary N) is 1. The van der Waals surface area contributed by atoms with Crippen molar-refractivity contribution in [3.63, 3.8) is 0 Å². The molecule has 0 spiro atoms. The molecule has 1 N–H and O–H groups in total. The summed E-state index contributed by atoms with van der Waals surface area (Å²) in [5, 5.41) is 11.0. The second-order valence-corrected chi connectivity index (χ2v) is 8.60. The fraction of sp³-hybridized carbons (Fsp3) is 0.400. The Labute approximate surface area is 149 Å². The van der Waals surface area contributed by atoms with E-state index in [0.29, 0.717) is 42.6 Å². The molecule has 1 fully saturated rings. The van der Waals surface area contributed by atoms with Crippen molar-refractivity contribution in [2.75, 3.05) is 38.3 Å². The second-order valence-electron chi connectivity index (χ2n) is 5.49. The van der Waals surface area contributed by atoms with Crippen LogP contribution < -0.4 is 10.2 Å². The summed E-state index contributed by atoms with van der Waals surface area (Å²) in [6, 6.07) is 6.46. The number of rotatable bonds is 5. The highest BCUT2D eigenvalue weighted by Gasteiger charge is 2.24. The van der Waals surface area contributed by atoms with Crippen LogP contribution in [0.15, 0.2) is 28.6 Å². The number of sulfone groups is 1. The lowest BCUT2D eigenvalue weighted by Crippen LogP contribution is -2.36. The average Bonchev–Trinajstić information content (AvgIpc) is 3.13. The van der Waals surface area contributed by atoms with Crippen molar-refractivity contribution >= 4 is 32.2 Å². The quantitative estimate of drug-likeness (QED) is 0.812. The van der Waals surface area contributed by atoms with E-state index in [2.05, 4.69) is 15.5 Å². The number of amides is 1. The van der Waals surface area contributed by atoms with Crippen LogP contribution in [0.5, 0.6) is 0 Å². The van der Waals surface area contributed by atoms with Crippen LogP contribution in [0.1, 0.15) is 15.9 Å². The van der Waals surface area contributed by atoms with Crippen LogP contribution in [0.4, 0.5) is 5.13 Å². The average molecular weight is 382 g/mol. The van der Waals surface area contributed by atoms with Crippen LogP contribution in [0, 0.1) is 0 Å². The summed E-state index contributed by atoms with van der Waals surface area (Å²) >= 11 is 1.07. The van der Waals surface area contributed by atoms with Gasteiger partial charge in [-0.05, 0) is 17.7 Å². The number of aromatic nitrogens is 2. The molecule has 134 valence electrons. The Bertz CT molecular complexity index is 843. The zero-order valence-electron chi connectivity index (χ0n) is 13.6. The zero-order valence-corrected chi connectivity index (χ0v) is 15.3. The molecule has 0 bridgehead atoms. The van der Waals surface area contributed by atoms with Gasteiger partial charge in [0.15, 0.2) is 0 Å². The number of ether oxygens (including phenoxy) is 1. The van der Waals surface area contributed by atoms with Crippen molar-refractivity contribution in [2.45, 2.75) is 10.1 Å². The van der Waals surface area contributed by atoms with Gasteiger partial charge in [-0.1, -0.05) is 23.5 Å². The van der Waals surface area contributed by atoms with Crippen LogP contribution in [0.3, 0.4) is 0 Å². The van der Waals surface area contributed by atoms with Gasteiger partial charge in [-0.15, -0.1) is 10.2 Å². The van der Waals surface area contributed by atoms with E-state index in [1.165, 1.54) is 0 Å². The number of nitrogens with zero attached hydrogens (tertiary/aromatic N) is 3. The number of carbonyl (C=O) groups is 1. The molecule has 0 aliphatic carbocycles. The molecule has 1 aromatic carbocycles. The van der Waals surface area contributed by atoms with E-state index in [1.54, 1.807) is 31.3 Å². The summed E-state index contributed by atoms with van der Waals surface area (Å²) in [7, 11) is -2.04. The predicted octanol–water partition coefficient (Wildman–Crippen LogP) is 0.708. The van der Waals surface area contributed by atoms with Crippen molar-refractivity contribution in [3.8, 4) is 0 Å². The highest BCUT2D eigenvalue weighted by atomic mass is 32.2. The maximum atomic E-state index is 12.6. The molecule has 1 aromatic heterocycles. The molecular weight excluding hydrogens is 364 g/mol. The SMILES string of the molecule is CNC(=O)c1ccc(CS(=O)(=O)c2nnc(N3CCOCC3)s2)cc1. The Balaban J connectivity index is 1.73. The monoisotopic (exact) mass is 382 g/mol. The van der Waals surface area contributed by atoms with Crippen LogP contribution in [0.25, 0.3) is 0 Å². The van der Waals surface area contributed by atoms with Gasteiger partial charge in [-0.2, -0.15) is 0 Å². The molecule has 10 heteroatoms. The molecular formula is C15H18N4O4S2. The lowest BCUT2D eigenvalue weighted by atomic mass is 10.1. The Morgan fingerprint density at radius 3 is 2.56 bits per heavy atom. The zero-order chi connectivity index (χ0) is 17.9. The van der Waals surface area contributed by atoms with Gasteiger partial charge in [0.2, 0.25) is 19.3 Å². The summed E-state index contributed by atoms with van der Waals surface area (Å²) in [4.78, 5) is 13.5. The first kappa shape index (κ1) is 17.8. The highest BCUT2D eigenvalue weighted by molar-refractivity contribution is 7.92. The number of hydrogen-bond acceptors (Lipinski definition) is 8. The maximum absolute atomic E-state index is 12.6. The van der Waals surface area contributed by atoms with E-state index in [1.807, 2.05) is 4.90 Å². The van der Waals surface area contributed by atoms with E-state index >= 15 is 0 Å². The van der Waals surface area contributed by atoms with Gasteiger partial charge in [0.05, 0.1) is 19.0 Å². The first-order valence-corrected chi connectivity index (χ1v) is 10.2.